The number of nitrogens with one attached hydrogen (secondary N) is 1. The van der Waals surface area contributed by atoms with E-state index in [1.54, 1.807) is 37.1 Å². The number of carbonyl (C=O) groups is 2. The van der Waals surface area contributed by atoms with Gasteiger partial charge in [0.15, 0.2) is 0 Å². The molecule has 0 aliphatic heterocycles. The molecule has 0 fully saturated rings. The van der Waals surface area contributed by atoms with Crippen LogP contribution in [0, 0.1) is 5.92 Å². The second kappa shape index (κ2) is 7.67. The van der Waals surface area contributed by atoms with Gasteiger partial charge in [0, 0.05) is 26.0 Å². The Bertz CT molecular complexity index is 428. The minimum Gasteiger partial charge on any atom is -0.355 e. The number of hydrogen-bond donors (Lipinski definition) is 1. The highest BCUT2D eigenvalue weighted by Crippen LogP contribution is 2.07. The maximum atomic E-state index is 12.1. The maximum Gasteiger partial charge on any atom is 0.247 e. The summed E-state index contributed by atoms with van der Waals surface area (Å²) in [6.07, 6.45) is 4.30. The van der Waals surface area contributed by atoms with Gasteiger partial charge in [0.25, 0.3) is 0 Å². The second-order valence-corrected chi connectivity index (χ2v) is 5.39. The predicted molar refractivity (Wildman–Crippen MR) is 77.0 cm³/mol. The number of likely N-dealkylation sites (N-methyl/N-ethyl adjacent to an activating group) is 1. The lowest BCUT2D eigenvalue weighted by molar-refractivity contribution is -0.137. The van der Waals surface area contributed by atoms with E-state index in [-0.39, 0.29) is 18.4 Å². The topological polar surface area (TPSA) is 67.2 Å². The van der Waals surface area contributed by atoms with E-state index in [1.807, 2.05) is 0 Å². The molecule has 0 spiro atoms. The summed E-state index contributed by atoms with van der Waals surface area (Å²) in [6, 6.07) is 1.36. The minimum atomic E-state index is -0.404. The van der Waals surface area contributed by atoms with E-state index in [9.17, 15) is 9.59 Å². The van der Waals surface area contributed by atoms with Crippen LogP contribution in [0.5, 0.6) is 0 Å². The van der Waals surface area contributed by atoms with E-state index < -0.39 is 6.04 Å². The van der Waals surface area contributed by atoms with Crippen molar-refractivity contribution in [2.45, 2.75) is 33.2 Å². The van der Waals surface area contributed by atoms with E-state index in [0.29, 0.717) is 12.5 Å². The molecule has 1 rings (SSSR count). The van der Waals surface area contributed by atoms with Crippen LogP contribution >= 0.6 is 0 Å². The van der Waals surface area contributed by atoms with E-state index in [4.69, 9.17) is 0 Å². The average Bonchev–Trinajstić information content (AvgIpc) is 2.90. The van der Waals surface area contributed by atoms with Crippen LogP contribution in [0.3, 0.4) is 0 Å². The summed E-state index contributed by atoms with van der Waals surface area (Å²) in [5.74, 6) is 0.288. The first-order chi connectivity index (χ1) is 9.41. The summed E-state index contributed by atoms with van der Waals surface area (Å²) >= 11 is 0. The molecule has 1 N–H and O–H groups in total. The summed E-state index contributed by atoms with van der Waals surface area (Å²) in [5, 5.41) is 6.85. The third-order valence-electron chi connectivity index (χ3n) is 3.08. The number of aromatic nitrogens is 2. The first-order valence-corrected chi connectivity index (χ1v) is 6.92. The molecule has 2 amide bonds. The van der Waals surface area contributed by atoms with Gasteiger partial charge in [0.1, 0.15) is 6.04 Å². The van der Waals surface area contributed by atoms with Crippen molar-refractivity contribution in [1.82, 2.24) is 20.0 Å². The van der Waals surface area contributed by atoms with Gasteiger partial charge in [-0.25, -0.2) is 0 Å². The van der Waals surface area contributed by atoms with Gasteiger partial charge in [-0.15, -0.1) is 0 Å². The van der Waals surface area contributed by atoms with Crippen LogP contribution in [0.15, 0.2) is 18.5 Å². The zero-order chi connectivity index (χ0) is 15.1. The third kappa shape index (κ3) is 5.03. The van der Waals surface area contributed by atoms with E-state index in [0.717, 1.165) is 6.42 Å². The lowest BCUT2D eigenvalue weighted by Gasteiger charge is -2.21. The zero-order valence-corrected chi connectivity index (χ0v) is 12.7. The highest BCUT2D eigenvalue weighted by molar-refractivity contribution is 5.86. The highest BCUT2D eigenvalue weighted by atomic mass is 16.2. The number of hydrogen-bond acceptors (Lipinski definition) is 3. The fraction of sp³-hybridized carbons (Fsp3) is 0.643. The molecule has 0 aliphatic rings. The predicted octanol–water partition coefficient (Wildman–Crippen LogP) is 1.06. The molecular weight excluding hydrogens is 256 g/mol. The molecule has 1 unspecified atom stereocenters. The number of nitrogens with zero attached hydrogens (tertiary/aromatic N) is 3. The van der Waals surface area contributed by atoms with Gasteiger partial charge >= 0.3 is 0 Å². The number of amides is 2. The van der Waals surface area contributed by atoms with Crippen LogP contribution in [-0.4, -0.2) is 46.6 Å². The summed E-state index contributed by atoms with van der Waals surface area (Å²) in [6.45, 7) is 6.69. The molecular formula is C14H24N4O2. The van der Waals surface area contributed by atoms with Gasteiger partial charge < -0.3 is 10.2 Å². The molecule has 6 heteroatoms. The highest BCUT2D eigenvalue weighted by Gasteiger charge is 2.20. The van der Waals surface area contributed by atoms with Gasteiger partial charge in [-0.3, -0.25) is 14.3 Å². The molecule has 112 valence electrons. The van der Waals surface area contributed by atoms with Crippen LogP contribution in [0.25, 0.3) is 0 Å². The molecule has 1 aromatic heterocycles. The summed E-state index contributed by atoms with van der Waals surface area (Å²) < 4.78 is 1.58. The van der Waals surface area contributed by atoms with Crippen molar-refractivity contribution in [2.24, 2.45) is 5.92 Å². The van der Waals surface area contributed by atoms with Gasteiger partial charge in [-0.2, -0.15) is 5.10 Å². The molecule has 0 saturated carbocycles. The SMILES string of the molecule is CC(C)CCNC(=O)CN(C)C(=O)C(C)n1cccn1. The van der Waals surface area contributed by atoms with Crippen molar-refractivity contribution in [3.8, 4) is 0 Å². The van der Waals surface area contributed by atoms with Crippen LogP contribution in [0.4, 0.5) is 0 Å². The van der Waals surface area contributed by atoms with Gasteiger partial charge in [-0.1, -0.05) is 13.8 Å². The number of carbonyl (C=O) groups excluding carboxylic acids is 2. The quantitative estimate of drug-likeness (QED) is 0.812. The van der Waals surface area contributed by atoms with Crippen molar-refractivity contribution >= 4 is 11.8 Å². The second-order valence-electron chi connectivity index (χ2n) is 5.39. The molecule has 1 aromatic rings. The van der Waals surface area contributed by atoms with Crippen LogP contribution in [0.2, 0.25) is 0 Å². The van der Waals surface area contributed by atoms with E-state index in [1.165, 1.54) is 4.90 Å². The molecule has 0 aromatic carbocycles. The zero-order valence-electron chi connectivity index (χ0n) is 12.7. The van der Waals surface area contributed by atoms with Gasteiger partial charge in [-0.05, 0) is 25.3 Å². The Morgan fingerprint density at radius 2 is 2.05 bits per heavy atom. The van der Waals surface area contributed by atoms with E-state index >= 15 is 0 Å². The Kier molecular flexibility index (Phi) is 6.21. The first kappa shape index (κ1) is 16.2. The molecule has 1 atom stereocenters. The Balaban J connectivity index is 2.39. The third-order valence-corrected chi connectivity index (χ3v) is 3.08. The van der Waals surface area contributed by atoms with Crippen LogP contribution in [0.1, 0.15) is 33.2 Å². The maximum absolute atomic E-state index is 12.1. The van der Waals surface area contributed by atoms with Gasteiger partial charge in [0.2, 0.25) is 11.8 Å². The Labute approximate surface area is 120 Å². The standard InChI is InChI=1S/C14H24N4O2/c1-11(2)6-8-15-13(19)10-17(4)14(20)12(3)18-9-5-7-16-18/h5,7,9,11-12H,6,8,10H2,1-4H3,(H,15,19). The Morgan fingerprint density at radius 3 is 2.60 bits per heavy atom. The molecule has 0 radical (unpaired) electrons. The van der Waals surface area contributed by atoms with Crippen LogP contribution in [-0.2, 0) is 9.59 Å². The Morgan fingerprint density at radius 1 is 1.35 bits per heavy atom. The fourth-order valence-corrected chi connectivity index (χ4v) is 1.79. The average molecular weight is 280 g/mol. The van der Waals surface area contributed by atoms with Crippen molar-refractivity contribution in [3.63, 3.8) is 0 Å². The molecule has 6 nitrogen and oxygen atoms in total. The van der Waals surface area contributed by atoms with Crippen LogP contribution < -0.4 is 5.32 Å². The lowest BCUT2D eigenvalue weighted by atomic mass is 10.1. The Hall–Kier alpha value is -1.85. The summed E-state index contributed by atoms with van der Waals surface area (Å²) in [5.41, 5.74) is 0. The van der Waals surface area contributed by atoms with Crippen molar-refractivity contribution in [3.05, 3.63) is 18.5 Å². The largest absolute Gasteiger partial charge is 0.355 e. The normalized spacial score (nSPS) is 12.2. The van der Waals surface area contributed by atoms with Gasteiger partial charge in [0.05, 0.1) is 6.54 Å². The smallest absolute Gasteiger partial charge is 0.247 e. The van der Waals surface area contributed by atoms with E-state index in [2.05, 4.69) is 24.3 Å². The lowest BCUT2D eigenvalue weighted by Crippen LogP contribution is -2.41. The number of rotatable bonds is 7. The summed E-state index contributed by atoms with van der Waals surface area (Å²) in [4.78, 5) is 25.3. The van der Waals surface area contributed by atoms with Crippen molar-refractivity contribution in [2.75, 3.05) is 20.1 Å². The first-order valence-electron chi connectivity index (χ1n) is 6.92. The fourth-order valence-electron chi connectivity index (χ4n) is 1.79. The minimum absolute atomic E-state index is 0.0720. The molecule has 0 saturated heterocycles. The summed E-state index contributed by atoms with van der Waals surface area (Å²) in [7, 11) is 1.63. The molecule has 20 heavy (non-hydrogen) atoms. The molecule has 1 heterocycles. The molecule has 0 bridgehead atoms. The van der Waals surface area contributed by atoms with Crippen molar-refractivity contribution in [1.29, 1.82) is 0 Å². The monoisotopic (exact) mass is 280 g/mol. The molecule has 0 aliphatic carbocycles. The van der Waals surface area contributed by atoms with Crippen molar-refractivity contribution < 1.29 is 9.59 Å².